The highest BCUT2D eigenvalue weighted by Crippen LogP contribution is 2.30. The molecule has 0 spiro atoms. The highest BCUT2D eigenvalue weighted by atomic mass is 79.9. The topological polar surface area (TPSA) is 77.1 Å². The maximum Gasteiger partial charge on any atom is 0.263 e. The first-order valence-corrected chi connectivity index (χ1v) is 11.9. The zero-order valence-corrected chi connectivity index (χ0v) is 20.1. The van der Waals surface area contributed by atoms with Gasteiger partial charge in [-0.25, -0.2) is 13.8 Å². The summed E-state index contributed by atoms with van der Waals surface area (Å²) in [5.41, 5.74) is 0.503. The van der Waals surface area contributed by atoms with Crippen LogP contribution in [0.1, 0.15) is 16.2 Å². The lowest BCUT2D eigenvalue weighted by atomic mass is 10.2. The maximum atomic E-state index is 14.0. The summed E-state index contributed by atoms with van der Waals surface area (Å²) in [4.78, 5) is 31.9. The van der Waals surface area contributed by atoms with E-state index in [9.17, 15) is 18.4 Å². The molecule has 1 amide bonds. The number of hydrogen-bond acceptors (Lipinski definition) is 6. The zero-order chi connectivity index (χ0) is 23.0. The van der Waals surface area contributed by atoms with E-state index in [2.05, 4.69) is 26.2 Å². The molecule has 3 heterocycles. The van der Waals surface area contributed by atoms with Crippen LogP contribution in [0.15, 0.2) is 49.4 Å². The Balaban J connectivity index is 1.63. The highest BCUT2D eigenvalue weighted by molar-refractivity contribution is 9.10. The molecule has 11 heteroatoms. The largest absolute Gasteiger partial charge is 0.467 e. The first kappa shape index (κ1) is 22.7. The van der Waals surface area contributed by atoms with Crippen molar-refractivity contribution in [3.63, 3.8) is 0 Å². The summed E-state index contributed by atoms with van der Waals surface area (Å²) >= 11 is 5.51. The summed E-state index contributed by atoms with van der Waals surface area (Å²) in [5, 5.41) is 3.31. The quantitative estimate of drug-likeness (QED) is 0.259. The summed E-state index contributed by atoms with van der Waals surface area (Å²) in [6.45, 7) is 3.96. The molecule has 0 radical (unpaired) electrons. The van der Waals surface area contributed by atoms with Gasteiger partial charge in [-0.2, -0.15) is 0 Å². The number of anilines is 1. The van der Waals surface area contributed by atoms with E-state index in [0.29, 0.717) is 27.2 Å². The van der Waals surface area contributed by atoms with Crippen molar-refractivity contribution in [1.29, 1.82) is 0 Å². The van der Waals surface area contributed by atoms with Crippen LogP contribution in [0.5, 0.6) is 0 Å². The number of carbonyl (C=O) groups is 1. The van der Waals surface area contributed by atoms with Gasteiger partial charge in [0.1, 0.15) is 16.4 Å². The fourth-order valence-corrected chi connectivity index (χ4v) is 5.46. The number of furan rings is 1. The predicted octanol–water partition coefficient (Wildman–Crippen LogP) is 5.49. The molecule has 4 aromatic rings. The van der Waals surface area contributed by atoms with Crippen LogP contribution in [0.3, 0.4) is 0 Å². The third-order valence-electron chi connectivity index (χ3n) is 4.75. The van der Waals surface area contributed by atoms with Gasteiger partial charge >= 0.3 is 0 Å². The smallest absolute Gasteiger partial charge is 0.263 e. The fraction of sp³-hybridized carbons (Fsp3) is 0.190. The number of amides is 1. The van der Waals surface area contributed by atoms with Crippen LogP contribution < -0.4 is 10.9 Å². The lowest BCUT2D eigenvalue weighted by molar-refractivity contribution is -0.113. The van der Waals surface area contributed by atoms with Crippen LogP contribution in [-0.4, -0.2) is 21.2 Å². The highest BCUT2D eigenvalue weighted by Gasteiger charge is 2.19. The molecule has 1 N–H and O–H groups in total. The summed E-state index contributed by atoms with van der Waals surface area (Å²) in [7, 11) is 0. The summed E-state index contributed by atoms with van der Waals surface area (Å²) in [6.07, 6.45) is 1.52. The van der Waals surface area contributed by atoms with Gasteiger partial charge in [0.15, 0.2) is 11.0 Å². The number of hydrogen-bond donors (Lipinski definition) is 1. The SMILES string of the molecule is Cc1sc2nc(SCC(=O)Nc3c(F)cc(F)cc3Br)n(Cc3ccco3)c(=O)c2c1C. The van der Waals surface area contributed by atoms with Crippen molar-refractivity contribution in [1.82, 2.24) is 9.55 Å². The Bertz CT molecular complexity index is 1360. The number of nitrogens with zero attached hydrogens (tertiary/aromatic N) is 2. The number of halogens is 3. The third-order valence-corrected chi connectivity index (χ3v) is 7.45. The third kappa shape index (κ3) is 4.50. The van der Waals surface area contributed by atoms with E-state index >= 15 is 0 Å². The van der Waals surface area contributed by atoms with Gasteiger partial charge in [-0.15, -0.1) is 11.3 Å². The average Bonchev–Trinajstić information content (AvgIpc) is 3.33. The number of nitrogens with one attached hydrogen (secondary N) is 1. The molecule has 6 nitrogen and oxygen atoms in total. The molecule has 0 atom stereocenters. The van der Waals surface area contributed by atoms with Crippen LogP contribution in [0.4, 0.5) is 14.5 Å². The molecule has 0 saturated carbocycles. The van der Waals surface area contributed by atoms with Gasteiger partial charge in [0.25, 0.3) is 5.56 Å². The molecule has 0 bridgehead atoms. The number of thiophene rings is 1. The van der Waals surface area contributed by atoms with E-state index in [1.165, 1.54) is 22.2 Å². The van der Waals surface area contributed by atoms with Crippen LogP contribution in [0, 0.1) is 25.5 Å². The van der Waals surface area contributed by atoms with Crippen LogP contribution in [0.2, 0.25) is 0 Å². The van der Waals surface area contributed by atoms with Crippen molar-refractivity contribution in [2.24, 2.45) is 0 Å². The fourth-order valence-electron chi connectivity index (χ4n) is 3.08. The number of aromatic nitrogens is 2. The van der Waals surface area contributed by atoms with E-state index in [0.717, 1.165) is 28.3 Å². The lowest BCUT2D eigenvalue weighted by Gasteiger charge is -2.12. The normalized spacial score (nSPS) is 11.3. The molecular formula is C21H16BrF2N3O3S2. The first-order chi connectivity index (χ1) is 15.2. The first-order valence-electron chi connectivity index (χ1n) is 9.34. The lowest BCUT2D eigenvalue weighted by Crippen LogP contribution is -2.24. The van der Waals surface area contributed by atoms with Crippen molar-refractivity contribution in [2.75, 3.05) is 11.1 Å². The Morgan fingerprint density at radius 3 is 2.81 bits per heavy atom. The Morgan fingerprint density at radius 2 is 2.12 bits per heavy atom. The van der Waals surface area contributed by atoms with Gasteiger partial charge < -0.3 is 9.73 Å². The van der Waals surface area contributed by atoms with Gasteiger partial charge in [-0.1, -0.05) is 11.8 Å². The van der Waals surface area contributed by atoms with Gasteiger partial charge in [0, 0.05) is 15.4 Å². The summed E-state index contributed by atoms with van der Waals surface area (Å²) < 4.78 is 34.2. The number of benzene rings is 1. The Labute approximate surface area is 197 Å². The molecule has 0 saturated heterocycles. The van der Waals surface area contributed by atoms with Gasteiger partial charge in [0.2, 0.25) is 5.91 Å². The maximum absolute atomic E-state index is 14.0. The van der Waals surface area contributed by atoms with Crippen molar-refractivity contribution >= 4 is 60.8 Å². The Morgan fingerprint density at radius 1 is 1.34 bits per heavy atom. The minimum Gasteiger partial charge on any atom is -0.467 e. The second kappa shape index (κ2) is 9.16. The second-order valence-electron chi connectivity index (χ2n) is 6.91. The molecule has 0 aliphatic rings. The van der Waals surface area contributed by atoms with Crippen molar-refractivity contribution in [3.05, 3.63) is 73.2 Å². The molecule has 166 valence electrons. The molecule has 1 aromatic carbocycles. The van der Waals surface area contributed by atoms with Crippen LogP contribution >= 0.6 is 39.0 Å². The molecule has 3 aromatic heterocycles. The number of rotatable bonds is 6. The van der Waals surface area contributed by atoms with Crippen molar-refractivity contribution < 1.29 is 18.0 Å². The average molecular weight is 540 g/mol. The molecule has 0 aliphatic carbocycles. The van der Waals surface area contributed by atoms with Crippen molar-refractivity contribution in [3.8, 4) is 0 Å². The number of carbonyl (C=O) groups excluding carboxylic acids is 1. The Hall–Kier alpha value is -2.50. The van der Waals surface area contributed by atoms with E-state index in [1.54, 1.807) is 12.1 Å². The molecule has 0 fully saturated rings. The molecule has 32 heavy (non-hydrogen) atoms. The standard InChI is InChI=1S/C21H16BrF2N3O3S2/c1-10-11(2)32-19-17(10)20(29)27(8-13-4-3-5-30-13)21(26-19)31-9-16(28)25-18-14(22)6-12(23)7-15(18)24/h3-7H,8-9H2,1-2H3,(H,25,28). The number of aryl methyl sites for hydroxylation is 2. The monoisotopic (exact) mass is 539 g/mol. The molecule has 0 unspecified atom stereocenters. The van der Waals surface area contributed by atoms with E-state index in [-0.39, 0.29) is 28.0 Å². The predicted molar refractivity (Wildman–Crippen MR) is 125 cm³/mol. The van der Waals surface area contributed by atoms with Gasteiger partial charge in [0.05, 0.1) is 29.6 Å². The second-order valence-corrected chi connectivity index (χ2v) is 9.91. The van der Waals surface area contributed by atoms with Gasteiger partial charge in [-0.05, 0) is 53.5 Å². The number of thioether (sulfide) groups is 1. The number of fused-ring (bicyclic) bond motifs is 1. The van der Waals surface area contributed by atoms with Crippen LogP contribution in [0.25, 0.3) is 10.2 Å². The van der Waals surface area contributed by atoms with E-state index < -0.39 is 17.5 Å². The van der Waals surface area contributed by atoms with E-state index in [4.69, 9.17) is 4.42 Å². The summed E-state index contributed by atoms with van der Waals surface area (Å²) in [6, 6.07) is 5.22. The summed E-state index contributed by atoms with van der Waals surface area (Å²) in [5.74, 6) is -1.75. The Kier molecular flexibility index (Phi) is 6.50. The van der Waals surface area contributed by atoms with E-state index in [1.807, 2.05) is 13.8 Å². The molecular weight excluding hydrogens is 524 g/mol. The van der Waals surface area contributed by atoms with Crippen molar-refractivity contribution in [2.45, 2.75) is 25.5 Å². The van der Waals surface area contributed by atoms with Crippen LogP contribution in [-0.2, 0) is 11.3 Å². The molecule has 0 aliphatic heterocycles. The van der Waals surface area contributed by atoms with Gasteiger partial charge in [-0.3, -0.25) is 14.2 Å². The molecule has 4 rings (SSSR count). The zero-order valence-electron chi connectivity index (χ0n) is 16.9. The minimum absolute atomic E-state index is 0.0900. The minimum atomic E-state index is -0.894.